The molecule has 0 atom stereocenters. The van der Waals surface area contributed by atoms with Crippen molar-refractivity contribution in [2.24, 2.45) is 0 Å². The van der Waals surface area contributed by atoms with Crippen LogP contribution in [0.3, 0.4) is 0 Å². The molecule has 0 unspecified atom stereocenters. The van der Waals surface area contributed by atoms with E-state index in [1.54, 1.807) is 19.1 Å². The van der Waals surface area contributed by atoms with Gasteiger partial charge in [0.1, 0.15) is 11.5 Å². The van der Waals surface area contributed by atoms with Crippen LogP contribution < -0.4 is 5.32 Å². The van der Waals surface area contributed by atoms with E-state index in [-0.39, 0.29) is 17.1 Å². The summed E-state index contributed by atoms with van der Waals surface area (Å²) in [6.07, 6.45) is 0.505. The predicted octanol–water partition coefficient (Wildman–Crippen LogP) is 3.94. The van der Waals surface area contributed by atoms with Crippen LogP contribution in [0.25, 0.3) is 0 Å². The summed E-state index contributed by atoms with van der Waals surface area (Å²) < 4.78 is 40.3. The molecular formula is C16H13F3N2. The Bertz CT molecular complexity index is 682. The molecule has 0 fully saturated rings. The van der Waals surface area contributed by atoms with E-state index in [4.69, 9.17) is 5.26 Å². The zero-order valence-corrected chi connectivity index (χ0v) is 11.4. The number of halogens is 3. The van der Waals surface area contributed by atoms with E-state index in [9.17, 15) is 13.2 Å². The minimum atomic E-state index is -0.803. The van der Waals surface area contributed by atoms with Gasteiger partial charge in [-0.25, -0.2) is 13.2 Å². The lowest BCUT2D eigenvalue weighted by Crippen LogP contribution is -2.09. The molecular weight excluding hydrogens is 277 g/mol. The third kappa shape index (κ3) is 3.54. The van der Waals surface area contributed by atoms with Crippen molar-refractivity contribution in [2.45, 2.75) is 13.3 Å². The SMILES string of the molecule is Cc1cc(F)ccc1CCNc1c(F)cc(C#N)cc1F. The van der Waals surface area contributed by atoms with Crippen molar-refractivity contribution in [3.63, 3.8) is 0 Å². The van der Waals surface area contributed by atoms with Crippen LogP contribution in [0.1, 0.15) is 16.7 Å². The van der Waals surface area contributed by atoms with Crippen LogP contribution in [0.4, 0.5) is 18.9 Å². The molecule has 0 saturated heterocycles. The van der Waals surface area contributed by atoms with Gasteiger partial charge in [0.2, 0.25) is 0 Å². The molecule has 2 rings (SSSR count). The van der Waals surface area contributed by atoms with Crippen LogP contribution in [0.2, 0.25) is 0 Å². The highest BCUT2D eigenvalue weighted by molar-refractivity contribution is 5.50. The van der Waals surface area contributed by atoms with Crippen LogP contribution in [0, 0.1) is 35.7 Å². The first-order valence-electron chi connectivity index (χ1n) is 6.39. The molecule has 5 heteroatoms. The molecule has 21 heavy (non-hydrogen) atoms. The zero-order chi connectivity index (χ0) is 15.4. The van der Waals surface area contributed by atoms with Crippen molar-refractivity contribution in [1.29, 1.82) is 5.26 Å². The predicted molar refractivity (Wildman–Crippen MR) is 74.4 cm³/mol. The topological polar surface area (TPSA) is 35.8 Å². The number of nitrogens with zero attached hydrogens (tertiary/aromatic N) is 1. The Morgan fingerprint density at radius 2 is 1.76 bits per heavy atom. The van der Waals surface area contributed by atoms with E-state index in [2.05, 4.69) is 5.32 Å². The number of nitrogens with one attached hydrogen (secondary N) is 1. The average Bonchev–Trinajstić information content (AvgIpc) is 2.43. The van der Waals surface area contributed by atoms with E-state index >= 15 is 0 Å². The Kier molecular flexibility index (Phi) is 4.49. The number of hydrogen-bond donors (Lipinski definition) is 1. The molecule has 0 heterocycles. The molecule has 2 aromatic carbocycles. The van der Waals surface area contributed by atoms with E-state index < -0.39 is 11.6 Å². The number of benzene rings is 2. The number of aryl methyl sites for hydroxylation is 1. The lowest BCUT2D eigenvalue weighted by molar-refractivity contribution is 0.587. The van der Waals surface area contributed by atoms with Gasteiger partial charge in [-0.2, -0.15) is 5.26 Å². The molecule has 0 aliphatic rings. The highest BCUT2D eigenvalue weighted by atomic mass is 19.1. The Morgan fingerprint density at radius 1 is 1.10 bits per heavy atom. The quantitative estimate of drug-likeness (QED) is 0.925. The maximum Gasteiger partial charge on any atom is 0.150 e. The second-order valence-corrected chi connectivity index (χ2v) is 4.67. The van der Waals surface area contributed by atoms with Gasteiger partial charge >= 0.3 is 0 Å². The maximum atomic E-state index is 13.7. The fourth-order valence-corrected chi connectivity index (χ4v) is 2.07. The van der Waals surface area contributed by atoms with Crippen LogP contribution >= 0.6 is 0 Å². The Hall–Kier alpha value is -2.48. The van der Waals surface area contributed by atoms with Gasteiger partial charge in [0.25, 0.3) is 0 Å². The summed E-state index contributed by atoms with van der Waals surface area (Å²) in [6, 6.07) is 8.07. The van der Waals surface area contributed by atoms with Crippen LogP contribution in [-0.4, -0.2) is 6.54 Å². The van der Waals surface area contributed by atoms with E-state index in [1.807, 2.05) is 0 Å². The third-order valence-corrected chi connectivity index (χ3v) is 3.17. The summed E-state index contributed by atoms with van der Waals surface area (Å²) >= 11 is 0. The molecule has 0 radical (unpaired) electrons. The van der Waals surface area contributed by atoms with Gasteiger partial charge in [0.05, 0.1) is 11.6 Å². The molecule has 1 N–H and O–H groups in total. The molecule has 0 aliphatic heterocycles. The van der Waals surface area contributed by atoms with Gasteiger partial charge in [-0.1, -0.05) is 6.07 Å². The first-order chi connectivity index (χ1) is 10.0. The summed E-state index contributed by atoms with van der Waals surface area (Å²) in [5.74, 6) is -1.92. The monoisotopic (exact) mass is 290 g/mol. The molecule has 108 valence electrons. The van der Waals surface area contributed by atoms with Crippen molar-refractivity contribution in [3.05, 3.63) is 64.5 Å². The zero-order valence-electron chi connectivity index (χ0n) is 11.4. The summed E-state index contributed by atoms with van der Waals surface area (Å²) in [7, 11) is 0. The first kappa shape index (κ1) is 14.9. The Labute approximate surface area is 120 Å². The third-order valence-electron chi connectivity index (χ3n) is 3.17. The van der Waals surface area contributed by atoms with Gasteiger partial charge in [0.15, 0.2) is 11.6 Å². The van der Waals surface area contributed by atoms with Gasteiger partial charge in [-0.3, -0.25) is 0 Å². The molecule has 2 aromatic rings. The van der Waals surface area contributed by atoms with Crippen LogP contribution in [0.5, 0.6) is 0 Å². The minimum Gasteiger partial charge on any atom is -0.380 e. The summed E-state index contributed by atoms with van der Waals surface area (Å²) in [5, 5.41) is 11.3. The van der Waals surface area contributed by atoms with Crippen molar-refractivity contribution < 1.29 is 13.2 Å². The van der Waals surface area contributed by atoms with Gasteiger partial charge in [-0.15, -0.1) is 0 Å². The number of hydrogen-bond acceptors (Lipinski definition) is 2. The maximum absolute atomic E-state index is 13.7. The largest absolute Gasteiger partial charge is 0.380 e. The fourth-order valence-electron chi connectivity index (χ4n) is 2.07. The second kappa shape index (κ2) is 6.31. The van der Waals surface area contributed by atoms with Crippen molar-refractivity contribution in [3.8, 4) is 6.07 Å². The van der Waals surface area contributed by atoms with Crippen LogP contribution in [-0.2, 0) is 6.42 Å². The molecule has 0 amide bonds. The molecule has 0 saturated carbocycles. The molecule has 2 nitrogen and oxygen atoms in total. The molecule has 0 aliphatic carbocycles. The molecule has 0 bridgehead atoms. The van der Waals surface area contributed by atoms with Crippen molar-refractivity contribution in [1.82, 2.24) is 0 Å². The normalized spacial score (nSPS) is 10.2. The first-order valence-corrected chi connectivity index (χ1v) is 6.39. The van der Waals surface area contributed by atoms with Crippen LogP contribution in [0.15, 0.2) is 30.3 Å². The van der Waals surface area contributed by atoms with Gasteiger partial charge in [-0.05, 0) is 48.7 Å². The van der Waals surface area contributed by atoms with Crippen molar-refractivity contribution in [2.75, 3.05) is 11.9 Å². The number of rotatable bonds is 4. The minimum absolute atomic E-state index is 0.0649. The summed E-state index contributed by atoms with van der Waals surface area (Å²) in [6.45, 7) is 2.08. The Balaban J connectivity index is 2.06. The Morgan fingerprint density at radius 3 is 2.33 bits per heavy atom. The standard InChI is InChI=1S/C16H13F3N2/c1-10-6-13(17)3-2-12(10)4-5-21-16-14(18)7-11(9-20)8-15(16)19/h2-3,6-8,21H,4-5H2,1H3. The average molecular weight is 290 g/mol. The van der Waals surface area contributed by atoms with Gasteiger partial charge in [0, 0.05) is 6.54 Å². The number of nitriles is 1. The highest BCUT2D eigenvalue weighted by Crippen LogP contribution is 2.20. The fraction of sp³-hybridized carbons (Fsp3) is 0.188. The van der Waals surface area contributed by atoms with Gasteiger partial charge < -0.3 is 5.32 Å². The van der Waals surface area contributed by atoms with Crippen molar-refractivity contribution >= 4 is 5.69 Å². The summed E-state index contributed by atoms with van der Waals surface area (Å²) in [4.78, 5) is 0. The summed E-state index contributed by atoms with van der Waals surface area (Å²) in [5.41, 5.74) is 1.37. The lowest BCUT2D eigenvalue weighted by Gasteiger charge is -2.10. The lowest BCUT2D eigenvalue weighted by atomic mass is 10.1. The van der Waals surface area contributed by atoms with E-state index in [0.717, 1.165) is 23.3 Å². The molecule has 0 spiro atoms. The smallest absolute Gasteiger partial charge is 0.150 e. The number of anilines is 1. The van der Waals surface area contributed by atoms with E-state index in [1.165, 1.54) is 12.1 Å². The second-order valence-electron chi connectivity index (χ2n) is 4.67. The highest BCUT2D eigenvalue weighted by Gasteiger charge is 2.11. The van der Waals surface area contributed by atoms with E-state index in [0.29, 0.717) is 13.0 Å². The molecule has 0 aromatic heterocycles.